The highest BCUT2D eigenvalue weighted by molar-refractivity contribution is 5.89. The zero-order chi connectivity index (χ0) is 18.5. The van der Waals surface area contributed by atoms with E-state index in [2.05, 4.69) is 10.4 Å². The van der Waals surface area contributed by atoms with Crippen LogP contribution in [0, 0.1) is 0 Å². The van der Waals surface area contributed by atoms with Crippen LogP contribution in [0.4, 0.5) is 0 Å². The van der Waals surface area contributed by atoms with Crippen LogP contribution in [0.3, 0.4) is 0 Å². The second-order valence-electron chi connectivity index (χ2n) is 5.64. The van der Waals surface area contributed by atoms with Crippen LogP contribution in [0.2, 0.25) is 0 Å². The molecule has 0 saturated heterocycles. The topological polar surface area (TPSA) is 87.4 Å². The predicted octanol–water partition coefficient (Wildman–Crippen LogP) is 1.03. The molecule has 1 aromatic carbocycles. The summed E-state index contributed by atoms with van der Waals surface area (Å²) in [5.74, 6) is 0.498. The highest BCUT2D eigenvalue weighted by atomic mass is 16.5. The van der Waals surface area contributed by atoms with Crippen LogP contribution in [-0.2, 0) is 17.9 Å². The molecule has 3 rings (SSSR count). The first-order valence-corrected chi connectivity index (χ1v) is 8.12. The van der Waals surface area contributed by atoms with Gasteiger partial charge in [-0.25, -0.2) is 4.68 Å². The lowest BCUT2D eigenvalue weighted by Gasteiger charge is -2.12. The van der Waals surface area contributed by atoms with E-state index in [0.717, 1.165) is 4.68 Å². The molecule has 2 heterocycles. The van der Waals surface area contributed by atoms with Crippen molar-refractivity contribution in [3.8, 4) is 11.5 Å². The van der Waals surface area contributed by atoms with E-state index in [1.807, 2.05) is 29.1 Å². The molecular formula is C18H20N4O4. The smallest absolute Gasteiger partial charge is 0.279 e. The third kappa shape index (κ3) is 3.53. The molecule has 0 saturated carbocycles. The first-order chi connectivity index (χ1) is 12.6. The second-order valence-corrected chi connectivity index (χ2v) is 5.64. The number of ether oxygens (including phenoxy) is 2. The van der Waals surface area contributed by atoms with Gasteiger partial charge in [-0.15, -0.1) is 0 Å². The zero-order valence-electron chi connectivity index (χ0n) is 14.6. The number of hydrogen-bond acceptors (Lipinski definition) is 5. The normalized spacial score (nSPS) is 10.7. The van der Waals surface area contributed by atoms with Gasteiger partial charge in [0.05, 0.1) is 25.8 Å². The van der Waals surface area contributed by atoms with Crippen LogP contribution in [0.15, 0.2) is 47.7 Å². The number of nitrogens with one attached hydrogen (secondary N) is 1. The number of methoxy groups -OCH3 is 2. The number of carbonyl (C=O) groups is 1. The van der Waals surface area contributed by atoms with E-state index in [-0.39, 0.29) is 12.5 Å². The van der Waals surface area contributed by atoms with Crippen molar-refractivity contribution in [2.24, 2.45) is 0 Å². The van der Waals surface area contributed by atoms with Gasteiger partial charge in [0.25, 0.3) is 5.56 Å². The molecule has 0 spiro atoms. The maximum Gasteiger partial charge on any atom is 0.279 e. The van der Waals surface area contributed by atoms with E-state index in [0.29, 0.717) is 35.4 Å². The summed E-state index contributed by atoms with van der Waals surface area (Å²) in [6.07, 6.45) is 5.37. The van der Waals surface area contributed by atoms with Crippen LogP contribution in [-0.4, -0.2) is 41.0 Å². The first-order valence-electron chi connectivity index (χ1n) is 8.12. The molecule has 8 nitrogen and oxygen atoms in total. The minimum Gasteiger partial charge on any atom is -0.493 e. The molecule has 1 N–H and O–H groups in total. The summed E-state index contributed by atoms with van der Waals surface area (Å²) in [5.41, 5.74) is -0.404. The lowest BCUT2D eigenvalue weighted by Crippen LogP contribution is -2.35. The fourth-order valence-corrected chi connectivity index (χ4v) is 2.73. The fourth-order valence-electron chi connectivity index (χ4n) is 2.73. The summed E-state index contributed by atoms with van der Waals surface area (Å²) in [6, 6.07) is 7.28. The van der Waals surface area contributed by atoms with Crippen molar-refractivity contribution in [1.82, 2.24) is 19.7 Å². The van der Waals surface area contributed by atoms with Gasteiger partial charge in [0.2, 0.25) is 5.91 Å². The number of amides is 1. The molecule has 26 heavy (non-hydrogen) atoms. The van der Waals surface area contributed by atoms with Crippen molar-refractivity contribution in [2.45, 2.75) is 13.1 Å². The summed E-state index contributed by atoms with van der Waals surface area (Å²) in [4.78, 5) is 24.9. The Kier molecular flexibility index (Phi) is 5.21. The quantitative estimate of drug-likeness (QED) is 0.683. The number of benzene rings is 1. The van der Waals surface area contributed by atoms with Gasteiger partial charge in [0.1, 0.15) is 6.54 Å². The number of rotatable bonds is 7. The minimum atomic E-state index is -0.404. The fraction of sp³-hybridized carbons (Fsp3) is 0.278. The number of aromatic nitrogens is 3. The number of fused-ring (bicyclic) bond motifs is 1. The van der Waals surface area contributed by atoms with Crippen molar-refractivity contribution in [3.05, 3.63) is 53.2 Å². The average Bonchev–Trinajstić information content (AvgIpc) is 3.16. The van der Waals surface area contributed by atoms with Gasteiger partial charge in [-0.3, -0.25) is 9.59 Å². The van der Waals surface area contributed by atoms with Crippen molar-refractivity contribution in [3.63, 3.8) is 0 Å². The third-order valence-corrected chi connectivity index (χ3v) is 4.01. The molecule has 0 atom stereocenters. The van der Waals surface area contributed by atoms with Crippen LogP contribution in [0.1, 0.15) is 0 Å². The van der Waals surface area contributed by atoms with Gasteiger partial charge in [-0.05, 0) is 24.3 Å². The summed E-state index contributed by atoms with van der Waals surface area (Å²) in [5, 5.41) is 7.81. The Balaban J connectivity index is 1.78. The molecule has 0 aliphatic heterocycles. The van der Waals surface area contributed by atoms with Crippen LogP contribution in [0.25, 0.3) is 10.8 Å². The van der Waals surface area contributed by atoms with E-state index >= 15 is 0 Å². The van der Waals surface area contributed by atoms with Crippen molar-refractivity contribution >= 4 is 16.7 Å². The van der Waals surface area contributed by atoms with E-state index in [4.69, 9.17) is 9.47 Å². The van der Waals surface area contributed by atoms with Crippen LogP contribution >= 0.6 is 0 Å². The van der Waals surface area contributed by atoms with Crippen LogP contribution < -0.4 is 20.3 Å². The molecular weight excluding hydrogens is 336 g/mol. The summed E-state index contributed by atoms with van der Waals surface area (Å²) in [6.45, 7) is 0.956. The molecule has 136 valence electrons. The molecule has 1 amide bonds. The molecule has 0 aliphatic carbocycles. The lowest BCUT2D eigenvalue weighted by molar-refractivity contribution is -0.121. The van der Waals surface area contributed by atoms with Gasteiger partial charge in [-0.2, -0.15) is 5.10 Å². The number of hydrogen-bond donors (Lipinski definition) is 1. The Bertz CT molecular complexity index is 963. The highest BCUT2D eigenvalue weighted by Gasteiger charge is 2.15. The number of nitrogens with zero attached hydrogens (tertiary/aromatic N) is 3. The van der Waals surface area contributed by atoms with E-state index in [9.17, 15) is 9.59 Å². The Labute approximate surface area is 149 Å². The molecule has 2 aromatic heterocycles. The van der Waals surface area contributed by atoms with Gasteiger partial charge >= 0.3 is 0 Å². The minimum absolute atomic E-state index is 0.166. The summed E-state index contributed by atoms with van der Waals surface area (Å²) >= 11 is 0. The Morgan fingerprint density at radius 3 is 2.65 bits per heavy atom. The monoisotopic (exact) mass is 356 g/mol. The third-order valence-electron chi connectivity index (χ3n) is 4.01. The number of carbonyl (C=O) groups excluding carboxylic acids is 1. The summed E-state index contributed by atoms with van der Waals surface area (Å²) < 4.78 is 13.6. The lowest BCUT2D eigenvalue weighted by atomic mass is 10.1. The van der Waals surface area contributed by atoms with Crippen molar-refractivity contribution in [1.29, 1.82) is 0 Å². The Morgan fingerprint density at radius 1 is 1.19 bits per heavy atom. The van der Waals surface area contributed by atoms with E-state index in [1.54, 1.807) is 12.1 Å². The molecule has 8 heteroatoms. The van der Waals surface area contributed by atoms with E-state index in [1.165, 1.54) is 20.4 Å². The standard InChI is InChI=1S/C18H20N4O4/c1-25-14-6-5-13-11-20-22(18(24)16(13)17(14)26-2)12-15(23)19-7-10-21-8-3-4-9-21/h3-6,8-9,11H,7,10,12H2,1-2H3,(H,19,23). The molecule has 0 aliphatic rings. The second kappa shape index (κ2) is 7.73. The van der Waals surface area contributed by atoms with Crippen LogP contribution in [0.5, 0.6) is 11.5 Å². The van der Waals surface area contributed by atoms with Gasteiger partial charge in [-0.1, -0.05) is 0 Å². The average molecular weight is 356 g/mol. The Morgan fingerprint density at radius 2 is 1.96 bits per heavy atom. The highest BCUT2D eigenvalue weighted by Crippen LogP contribution is 2.32. The zero-order valence-corrected chi connectivity index (χ0v) is 14.6. The van der Waals surface area contributed by atoms with Gasteiger partial charge < -0.3 is 19.4 Å². The van der Waals surface area contributed by atoms with Crippen molar-refractivity contribution < 1.29 is 14.3 Å². The Hall–Kier alpha value is -3.29. The van der Waals surface area contributed by atoms with Crippen molar-refractivity contribution in [2.75, 3.05) is 20.8 Å². The van der Waals surface area contributed by atoms with E-state index < -0.39 is 5.56 Å². The molecule has 3 aromatic rings. The largest absolute Gasteiger partial charge is 0.493 e. The molecule has 0 radical (unpaired) electrons. The maximum atomic E-state index is 12.8. The molecule has 0 fully saturated rings. The van der Waals surface area contributed by atoms with Gasteiger partial charge in [0.15, 0.2) is 11.5 Å². The predicted molar refractivity (Wildman–Crippen MR) is 96.5 cm³/mol. The first kappa shape index (κ1) is 17.5. The maximum absolute atomic E-state index is 12.8. The van der Waals surface area contributed by atoms with Gasteiger partial charge in [0, 0.05) is 30.9 Å². The summed E-state index contributed by atoms with van der Waals surface area (Å²) in [7, 11) is 2.97. The molecule has 0 bridgehead atoms. The molecule has 0 unspecified atom stereocenters. The SMILES string of the molecule is COc1ccc2cnn(CC(=O)NCCn3cccc3)c(=O)c2c1OC.